The standard InChI is InChI=1S/C22H22N2O2S/c1-15-8-10-16(11-9-15)21-23-19(14-27-21)22(25)24-12-4-7-20(24)17-5-3-6-18(13-17)26-2/h3,5-6,8-11,13-14,20H,4,7,12H2,1-2H3. The highest BCUT2D eigenvalue weighted by atomic mass is 32.1. The van der Waals surface area contributed by atoms with Gasteiger partial charge in [-0.3, -0.25) is 4.79 Å². The van der Waals surface area contributed by atoms with Crippen molar-refractivity contribution in [2.45, 2.75) is 25.8 Å². The molecular formula is C22H22N2O2S. The molecule has 1 saturated heterocycles. The van der Waals surface area contributed by atoms with E-state index in [1.807, 2.05) is 28.5 Å². The van der Waals surface area contributed by atoms with Crippen LogP contribution in [0.15, 0.2) is 53.9 Å². The Morgan fingerprint density at radius 3 is 2.81 bits per heavy atom. The Hall–Kier alpha value is -2.66. The van der Waals surface area contributed by atoms with Crippen LogP contribution in [-0.4, -0.2) is 29.4 Å². The van der Waals surface area contributed by atoms with Crippen LogP contribution in [0.5, 0.6) is 5.75 Å². The summed E-state index contributed by atoms with van der Waals surface area (Å²) < 4.78 is 5.34. The molecule has 0 saturated carbocycles. The molecule has 2 heterocycles. The van der Waals surface area contributed by atoms with Gasteiger partial charge in [-0.25, -0.2) is 4.98 Å². The van der Waals surface area contributed by atoms with Gasteiger partial charge in [0.15, 0.2) is 0 Å². The molecule has 0 spiro atoms. The maximum absolute atomic E-state index is 13.1. The van der Waals surface area contributed by atoms with Crippen LogP contribution in [0, 0.1) is 6.92 Å². The van der Waals surface area contributed by atoms with E-state index in [0.29, 0.717) is 5.69 Å². The van der Waals surface area contributed by atoms with Crippen molar-refractivity contribution < 1.29 is 9.53 Å². The molecule has 1 aromatic heterocycles. The van der Waals surface area contributed by atoms with Crippen molar-refractivity contribution in [3.05, 3.63) is 70.7 Å². The van der Waals surface area contributed by atoms with E-state index in [1.54, 1.807) is 7.11 Å². The maximum atomic E-state index is 13.1. The van der Waals surface area contributed by atoms with Crippen molar-refractivity contribution in [1.29, 1.82) is 0 Å². The second kappa shape index (κ2) is 7.53. The van der Waals surface area contributed by atoms with E-state index < -0.39 is 0 Å². The molecule has 1 aliphatic rings. The van der Waals surface area contributed by atoms with Gasteiger partial charge >= 0.3 is 0 Å². The van der Waals surface area contributed by atoms with Gasteiger partial charge in [0.25, 0.3) is 5.91 Å². The molecule has 3 aromatic rings. The number of carbonyl (C=O) groups is 1. The molecule has 4 rings (SSSR count). The monoisotopic (exact) mass is 378 g/mol. The van der Waals surface area contributed by atoms with Gasteiger partial charge in [-0.2, -0.15) is 0 Å². The number of aromatic nitrogens is 1. The Kier molecular flexibility index (Phi) is 4.94. The molecule has 2 aromatic carbocycles. The van der Waals surface area contributed by atoms with E-state index >= 15 is 0 Å². The minimum absolute atomic E-state index is 0.00920. The average molecular weight is 378 g/mol. The first kappa shape index (κ1) is 17.7. The zero-order valence-electron chi connectivity index (χ0n) is 15.5. The Morgan fingerprint density at radius 2 is 2.04 bits per heavy atom. The molecule has 5 heteroatoms. The predicted molar refractivity (Wildman–Crippen MR) is 108 cm³/mol. The third kappa shape index (κ3) is 3.60. The number of methoxy groups -OCH3 is 1. The minimum atomic E-state index is 0.00920. The number of carbonyl (C=O) groups excluding carboxylic acids is 1. The fourth-order valence-corrected chi connectivity index (χ4v) is 4.35. The van der Waals surface area contributed by atoms with Gasteiger partial charge in [-0.1, -0.05) is 42.0 Å². The summed E-state index contributed by atoms with van der Waals surface area (Å²) in [6, 6.07) is 16.3. The summed E-state index contributed by atoms with van der Waals surface area (Å²) in [5.41, 5.74) is 3.92. The molecule has 0 bridgehead atoms. The Bertz CT molecular complexity index is 949. The van der Waals surface area contributed by atoms with E-state index in [4.69, 9.17) is 4.74 Å². The zero-order valence-corrected chi connectivity index (χ0v) is 16.3. The van der Waals surface area contributed by atoms with Gasteiger partial charge in [-0.05, 0) is 37.5 Å². The van der Waals surface area contributed by atoms with Crippen molar-refractivity contribution in [2.24, 2.45) is 0 Å². The summed E-state index contributed by atoms with van der Waals surface area (Å²) in [6.07, 6.45) is 1.97. The van der Waals surface area contributed by atoms with Gasteiger partial charge in [0.2, 0.25) is 0 Å². The molecule has 138 valence electrons. The molecule has 0 N–H and O–H groups in total. The predicted octanol–water partition coefficient (Wildman–Crippen LogP) is 5.10. The normalized spacial score (nSPS) is 16.5. The smallest absolute Gasteiger partial charge is 0.273 e. The quantitative estimate of drug-likeness (QED) is 0.634. The summed E-state index contributed by atoms with van der Waals surface area (Å²) in [6.45, 7) is 2.82. The molecule has 1 amide bonds. The third-order valence-corrected chi connectivity index (χ3v) is 5.91. The zero-order chi connectivity index (χ0) is 18.8. The summed E-state index contributed by atoms with van der Waals surface area (Å²) in [5, 5.41) is 2.76. The summed E-state index contributed by atoms with van der Waals surface area (Å²) in [5.74, 6) is 0.831. The molecule has 1 unspecified atom stereocenters. The molecule has 1 aliphatic heterocycles. The number of hydrogen-bond donors (Lipinski definition) is 0. The second-order valence-corrected chi connectivity index (χ2v) is 7.70. The van der Waals surface area contributed by atoms with Crippen LogP contribution < -0.4 is 4.74 Å². The van der Waals surface area contributed by atoms with Crippen LogP contribution in [0.2, 0.25) is 0 Å². The molecular weight excluding hydrogens is 356 g/mol. The first-order chi connectivity index (χ1) is 13.2. The Morgan fingerprint density at radius 1 is 1.22 bits per heavy atom. The van der Waals surface area contributed by atoms with Gasteiger partial charge in [0.1, 0.15) is 16.5 Å². The van der Waals surface area contributed by atoms with Crippen molar-refractivity contribution in [2.75, 3.05) is 13.7 Å². The fourth-order valence-electron chi connectivity index (χ4n) is 3.55. The Labute approximate surface area is 163 Å². The lowest BCUT2D eigenvalue weighted by Gasteiger charge is -2.24. The number of likely N-dealkylation sites (tertiary alicyclic amines) is 1. The lowest BCUT2D eigenvalue weighted by molar-refractivity contribution is 0.0730. The van der Waals surface area contributed by atoms with Crippen LogP contribution in [0.25, 0.3) is 10.6 Å². The van der Waals surface area contributed by atoms with Crippen LogP contribution in [0.4, 0.5) is 0 Å². The van der Waals surface area contributed by atoms with E-state index in [9.17, 15) is 4.79 Å². The van der Waals surface area contributed by atoms with Crippen LogP contribution >= 0.6 is 11.3 Å². The van der Waals surface area contributed by atoms with E-state index in [-0.39, 0.29) is 11.9 Å². The molecule has 0 aliphatic carbocycles. The van der Waals surface area contributed by atoms with Crippen molar-refractivity contribution in [3.8, 4) is 16.3 Å². The topological polar surface area (TPSA) is 42.4 Å². The average Bonchev–Trinajstić information content (AvgIpc) is 3.38. The van der Waals surface area contributed by atoms with Crippen molar-refractivity contribution >= 4 is 17.2 Å². The number of hydrogen-bond acceptors (Lipinski definition) is 4. The summed E-state index contributed by atoms with van der Waals surface area (Å²) in [7, 11) is 1.67. The minimum Gasteiger partial charge on any atom is -0.497 e. The van der Waals surface area contributed by atoms with E-state index in [2.05, 4.69) is 42.2 Å². The maximum Gasteiger partial charge on any atom is 0.273 e. The number of benzene rings is 2. The van der Waals surface area contributed by atoms with Crippen molar-refractivity contribution in [3.63, 3.8) is 0 Å². The summed E-state index contributed by atoms with van der Waals surface area (Å²) >= 11 is 1.52. The molecule has 1 atom stereocenters. The first-order valence-electron chi connectivity index (χ1n) is 9.13. The highest BCUT2D eigenvalue weighted by molar-refractivity contribution is 7.13. The van der Waals surface area contributed by atoms with Crippen LogP contribution in [-0.2, 0) is 0 Å². The van der Waals surface area contributed by atoms with E-state index in [1.165, 1.54) is 16.9 Å². The second-order valence-electron chi connectivity index (χ2n) is 6.84. The molecule has 0 radical (unpaired) electrons. The van der Waals surface area contributed by atoms with Gasteiger partial charge < -0.3 is 9.64 Å². The SMILES string of the molecule is COc1cccc(C2CCCN2C(=O)c2csc(-c3ccc(C)cc3)n2)c1. The number of thiazole rings is 1. The fraction of sp³-hybridized carbons (Fsp3) is 0.273. The van der Waals surface area contributed by atoms with Gasteiger partial charge in [0, 0.05) is 17.5 Å². The summed E-state index contributed by atoms with van der Waals surface area (Å²) in [4.78, 5) is 19.7. The van der Waals surface area contributed by atoms with Crippen molar-refractivity contribution in [1.82, 2.24) is 9.88 Å². The number of aryl methyl sites for hydroxylation is 1. The van der Waals surface area contributed by atoms with Gasteiger partial charge in [-0.15, -0.1) is 11.3 Å². The lowest BCUT2D eigenvalue weighted by Crippen LogP contribution is -2.30. The molecule has 4 nitrogen and oxygen atoms in total. The highest BCUT2D eigenvalue weighted by Crippen LogP contribution is 2.35. The van der Waals surface area contributed by atoms with Gasteiger partial charge in [0.05, 0.1) is 13.2 Å². The largest absolute Gasteiger partial charge is 0.497 e. The van der Waals surface area contributed by atoms with Crippen LogP contribution in [0.3, 0.4) is 0 Å². The Balaban J connectivity index is 1.57. The number of nitrogens with zero attached hydrogens (tertiary/aromatic N) is 2. The third-order valence-electron chi connectivity index (χ3n) is 5.01. The molecule has 1 fully saturated rings. The van der Waals surface area contributed by atoms with Crippen LogP contribution in [0.1, 0.15) is 40.5 Å². The highest BCUT2D eigenvalue weighted by Gasteiger charge is 2.32. The van der Waals surface area contributed by atoms with E-state index in [0.717, 1.165) is 41.3 Å². The number of amides is 1. The molecule has 27 heavy (non-hydrogen) atoms. The number of rotatable bonds is 4. The number of ether oxygens (including phenoxy) is 1. The first-order valence-corrected chi connectivity index (χ1v) is 10.0. The lowest BCUT2D eigenvalue weighted by atomic mass is 10.0.